The largest absolute Gasteiger partial charge is 0.481 e. The summed E-state index contributed by atoms with van der Waals surface area (Å²) in [7, 11) is 0. The van der Waals surface area contributed by atoms with E-state index in [4.69, 9.17) is 9.84 Å². The second-order valence-corrected chi connectivity index (χ2v) is 6.28. The highest BCUT2D eigenvalue weighted by molar-refractivity contribution is 5.89. The molecule has 2 aromatic rings. The van der Waals surface area contributed by atoms with Gasteiger partial charge in [-0.3, -0.25) is 4.79 Å². The summed E-state index contributed by atoms with van der Waals surface area (Å²) in [4.78, 5) is 27.3. The molecule has 3 rings (SSSR count). The summed E-state index contributed by atoms with van der Waals surface area (Å²) in [6, 6.07) is 12.3. The molecule has 3 N–H and O–H groups in total. The van der Waals surface area contributed by atoms with Crippen LogP contribution in [0.4, 0.5) is 10.5 Å². The van der Waals surface area contributed by atoms with Gasteiger partial charge in [0.15, 0.2) is 0 Å². The van der Waals surface area contributed by atoms with Crippen LogP contribution in [0.5, 0.6) is 11.6 Å². The molecule has 136 valence electrons. The van der Waals surface area contributed by atoms with Crippen LogP contribution in [-0.2, 0) is 4.79 Å². The maximum absolute atomic E-state index is 12.2. The summed E-state index contributed by atoms with van der Waals surface area (Å²) in [5.74, 6) is -0.00241. The standard InChI is InChI=1S/C19H21N3O4/c23-18(24)13-6-8-14(9-7-13)21-19(25)22-15-10-11-20-17(12-15)26-16-4-2-1-3-5-16/h1-5,10-14H,6-9H2,(H,23,24)(H2,20,21,22,25). The number of amides is 2. The Balaban J connectivity index is 1.52. The van der Waals surface area contributed by atoms with Gasteiger partial charge in [-0.05, 0) is 43.9 Å². The zero-order valence-corrected chi connectivity index (χ0v) is 14.2. The first-order valence-electron chi connectivity index (χ1n) is 8.59. The average molecular weight is 355 g/mol. The number of rotatable bonds is 5. The molecule has 1 saturated carbocycles. The number of hydrogen-bond acceptors (Lipinski definition) is 4. The van der Waals surface area contributed by atoms with Crippen LogP contribution in [0.15, 0.2) is 48.7 Å². The molecule has 0 spiro atoms. The monoisotopic (exact) mass is 355 g/mol. The number of aliphatic carboxylic acids is 1. The van der Waals surface area contributed by atoms with E-state index in [1.165, 1.54) is 0 Å². The molecule has 7 nitrogen and oxygen atoms in total. The summed E-state index contributed by atoms with van der Waals surface area (Å²) in [6.07, 6.45) is 4.08. The van der Waals surface area contributed by atoms with Crippen molar-refractivity contribution >= 4 is 17.7 Å². The number of ether oxygens (including phenoxy) is 1. The van der Waals surface area contributed by atoms with Crippen molar-refractivity contribution in [3.8, 4) is 11.6 Å². The lowest BCUT2D eigenvalue weighted by Gasteiger charge is -2.26. The van der Waals surface area contributed by atoms with E-state index in [0.717, 1.165) is 0 Å². The topological polar surface area (TPSA) is 101 Å². The van der Waals surface area contributed by atoms with Crippen LogP contribution in [0.25, 0.3) is 0 Å². The van der Waals surface area contributed by atoms with Crippen molar-refractivity contribution in [3.05, 3.63) is 48.7 Å². The molecular formula is C19H21N3O4. The molecule has 1 heterocycles. The molecule has 1 aliphatic carbocycles. The van der Waals surface area contributed by atoms with E-state index in [9.17, 15) is 9.59 Å². The Morgan fingerprint density at radius 3 is 2.50 bits per heavy atom. The Hall–Kier alpha value is -3.09. The fourth-order valence-corrected chi connectivity index (χ4v) is 2.99. The van der Waals surface area contributed by atoms with Gasteiger partial charge in [-0.15, -0.1) is 0 Å². The van der Waals surface area contributed by atoms with Crippen LogP contribution >= 0.6 is 0 Å². The van der Waals surface area contributed by atoms with E-state index in [-0.39, 0.29) is 18.0 Å². The quantitative estimate of drug-likeness (QED) is 0.760. The van der Waals surface area contributed by atoms with Crippen LogP contribution in [0.3, 0.4) is 0 Å². The van der Waals surface area contributed by atoms with Gasteiger partial charge in [0.05, 0.1) is 5.92 Å². The number of carbonyl (C=O) groups is 2. The minimum absolute atomic E-state index is 0.00697. The third-order valence-corrected chi connectivity index (χ3v) is 4.37. The number of carboxylic acid groups (broad SMARTS) is 1. The first-order valence-corrected chi connectivity index (χ1v) is 8.59. The van der Waals surface area contributed by atoms with E-state index < -0.39 is 5.97 Å². The second-order valence-electron chi connectivity index (χ2n) is 6.28. The molecule has 1 aromatic heterocycles. The Morgan fingerprint density at radius 2 is 1.81 bits per heavy atom. The highest BCUT2D eigenvalue weighted by atomic mass is 16.5. The van der Waals surface area contributed by atoms with Gasteiger partial charge >= 0.3 is 12.0 Å². The van der Waals surface area contributed by atoms with Crippen molar-refractivity contribution in [2.45, 2.75) is 31.7 Å². The molecule has 7 heteroatoms. The number of urea groups is 1. The highest BCUT2D eigenvalue weighted by Crippen LogP contribution is 2.25. The predicted octanol–water partition coefficient (Wildman–Crippen LogP) is 3.64. The van der Waals surface area contributed by atoms with Crippen molar-refractivity contribution in [1.82, 2.24) is 10.3 Å². The number of nitrogens with one attached hydrogen (secondary N) is 2. The van der Waals surface area contributed by atoms with E-state index in [1.807, 2.05) is 30.3 Å². The van der Waals surface area contributed by atoms with E-state index in [1.54, 1.807) is 18.3 Å². The van der Waals surface area contributed by atoms with Crippen LogP contribution in [0, 0.1) is 5.92 Å². The van der Waals surface area contributed by atoms with E-state index in [0.29, 0.717) is 43.0 Å². The molecule has 0 radical (unpaired) electrons. The number of aromatic nitrogens is 1. The summed E-state index contributed by atoms with van der Waals surface area (Å²) >= 11 is 0. The third-order valence-electron chi connectivity index (χ3n) is 4.37. The van der Waals surface area contributed by atoms with E-state index in [2.05, 4.69) is 15.6 Å². The lowest BCUT2D eigenvalue weighted by Crippen LogP contribution is -2.40. The Labute approximate surface area is 151 Å². The van der Waals surface area contributed by atoms with Crippen LogP contribution in [-0.4, -0.2) is 28.1 Å². The smallest absolute Gasteiger partial charge is 0.319 e. The molecule has 0 saturated heterocycles. The van der Waals surface area contributed by atoms with Gasteiger partial charge in [-0.1, -0.05) is 18.2 Å². The van der Waals surface area contributed by atoms with Crippen molar-refractivity contribution < 1.29 is 19.4 Å². The molecule has 26 heavy (non-hydrogen) atoms. The zero-order chi connectivity index (χ0) is 18.4. The third kappa shape index (κ3) is 4.95. The van der Waals surface area contributed by atoms with Crippen molar-refractivity contribution in [2.24, 2.45) is 5.92 Å². The molecular weight excluding hydrogens is 334 g/mol. The Bertz CT molecular complexity index is 758. The minimum atomic E-state index is -0.754. The molecule has 1 fully saturated rings. The molecule has 0 bridgehead atoms. The van der Waals surface area contributed by atoms with Crippen molar-refractivity contribution in [1.29, 1.82) is 0 Å². The number of pyridine rings is 1. The maximum atomic E-state index is 12.2. The summed E-state index contributed by atoms with van der Waals surface area (Å²) < 4.78 is 5.65. The number of benzene rings is 1. The summed E-state index contributed by atoms with van der Waals surface area (Å²) in [6.45, 7) is 0. The fourth-order valence-electron chi connectivity index (χ4n) is 2.99. The summed E-state index contributed by atoms with van der Waals surface area (Å²) in [5.41, 5.74) is 0.572. The van der Waals surface area contributed by atoms with Gasteiger partial charge < -0.3 is 20.5 Å². The number of hydrogen-bond donors (Lipinski definition) is 3. The molecule has 0 aliphatic heterocycles. The van der Waals surface area contributed by atoms with Crippen LogP contribution in [0.2, 0.25) is 0 Å². The highest BCUT2D eigenvalue weighted by Gasteiger charge is 2.26. The maximum Gasteiger partial charge on any atom is 0.319 e. The molecule has 0 unspecified atom stereocenters. The number of carbonyl (C=O) groups excluding carboxylic acids is 1. The van der Waals surface area contributed by atoms with Crippen molar-refractivity contribution in [2.75, 3.05) is 5.32 Å². The van der Waals surface area contributed by atoms with Gasteiger partial charge in [0.25, 0.3) is 0 Å². The van der Waals surface area contributed by atoms with Gasteiger partial charge in [0.1, 0.15) is 5.75 Å². The van der Waals surface area contributed by atoms with Gasteiger partial charge in [0.2, 0.25) is 5.88 Å². The Morgan fingerprint density at radius 1 is 1.08 bits per heavy atom. The molecule has 1 aliphatic rings. The first-order chi connectivity index (χ1) is 12.6. The second kappa shape index (κ2) is 8.33. The fraction of sp³-hybridized carbons (Fsp3) is 0.316. The van der Waals surface area contributed by atoms with Crippen molar-refractivity contribution in [3.63, 3.8) is 0 Å². The van der Waals surface area contributed by atoms with Crippen LogP contribution in [0.1, 0.15) is 25.7 Å². The normalized spacial score (nSPS) is 19.4. The number of carboxylic acids is 1. The average Bonchev–Trinajstić information content (AvgIpc) is 2.63. The minimum Gasteiger partial charge on any atom is -0.481 e. The molecule has 0 atom stereocenters. The van der Waals surface area contributed by atoms with Gasteiger partial charge in [0, 0.05) is 24.0 Å². The zero-order valence-electron chi connectivity index (χ0n) is 14.2. The molecule has 2 amide bonds. The first kappa shape index (κ1) is 17.7. The number of anilines is 1. The lowest BCUT2D eigenvalue weighted by atomic mass is 9.86. The van der Waals surface area contributed by atoms with Crippen LogP contribution < -0.4 is 15.4 Å². The SMILES string of the molecule is O=C(Nc1ccnc(Oc2ccccc2)c1)NC1CCC(C(=O)O)CC1. The Kier molecular flexibility index (Phi) is 5.68. The van der Waals surface area contributed by atoms with Gasteiger partial charge in [-0.25, -0.2) is 9.78 Å². The van der Waals surface area contributed by atoms with Gasteiger partial charge in [-0.2, -0.15) is 0 Å². The summed E-state index contributed by atoms with van der Waals surface area (Å²) in [5, 5.41) is 14.7. The molecule has 1 aromatic carbocycles. The van der Waals surface area contributed by atoms with E-state index >= 15 is 0 Å². The number of nitrogens with zero attached hydrogens (tertiary/aromatic N) is 1. The predicted molar refractivity (Wildman–Crippen MR) is 96.3 cm³/mol. The number of para-hydroxylation sites is 1. The lowest BCUT2D eigenvalue weighted by molar-refractivity contribution is -0.142.